The molecule has 0 aromatic heterocycles. The lowest BCUT2D eigenvalue weighted by Crippen LogP contribution is -2.39. The van der Waals surface area contributed by atoms with Crippen molar-refractivity contribution in [2.45, 2.75) is 44.6 Å². The lowest BCUT2D eigenvalue weighted by molar-refractivity contribution is -0.138. The molecule has 0 aromatic rings. The Labute approximate surface area is 103 Å². The minimum Gasteiger partial charge on any atom is -0.390 e. The van der Waals surface area contributed by atoms with Gasteiger partial charge in [-0.15, -0.1) is 0 Å². The van der Waals surface area contributed by atoms with Gasteiger partial charge in [0.2, 0.25) is 5.91 Å². The van der Waals surface area contributed by atoms with E-state index in [0.717, 1.165) is 32.2 Å². The van der Waals surface area contributed by atoms with Gasteiger partial charge in [-0.3, -0.25) is 4.79 Å². The summed E-state index contributed by atoms with van der Waals surface area (Å²) in [6, 6.07) is 0. The molecular weight excluding hydrogens is 218 g/mol. The predicted molar refractivity (Wildman–Crippen MR) is 64.6 cm³/mol. The fourth-order valence-corrected chi connectivity index (χ4v) is 2.69. The Morgan fingerprint density at radius 1 is 1.29 bits per heavy atom. The summed E-state index contributed by atoms with van der Waals surface area (Å²) in [5, 5.41) is 10.0. The molecule has 0 radical (unpaired) electrons. The summed E-state index contributed by atoms with van der Waals surface area (Å²) in [6.07, 6.45) is 4.10. The lowest BCUT2D eigenvalue weighted by Gasteiger charge is -2.28. The highest BCUT2D eigenvalue weighted by atomic mass is 16.5. The number of amides is 1. The van der Waals surface area contributed by atoms with E-state index in [-0.39, 0.29) is 11.8 Å². The second kappa shape index (κ2) is 5.36. The summed E-state index contributed by atoms with van der Waals surface area (Å²) in [5.41, 5.74) is -0.593. The van der Waals surface area contributed by atoms with Crippen LogP contribution in [0.25, 0.3) is 0 Å². The molecule has 1 unspecified atom stereocenters. The van der Waals surface area contributed by atoms with Crippen LogP contribution in [0.5, 0.6) is 0 Å². The molecule has 4 heteroatoms. The topological polar surface area (TPSA) is 49.8 Å². The Bertz CT molecular complexity index is 272. The number of aliphatic hydroxyl groups is 1. The number of nitrogens with zero attached hydrogens (tertiary/aromatic N) is 1. The van der Waals surface area contributed by atoms with Crippen LogP contribution < -0.4 is 0 Å². The second-order valence-electron chi connectivity index (χ2n) is 5.56. The molecule has 2 aliphatic rings. The number of likely N-dealkylation sites (tertiary alicyclic amines) is 1. The average Bonchev–Trinajstić information content (AvgIpc) is 2.50. The summed E-state index contributed by atoms with van der Waals surface area (Å²) >= 11 is 0. The maximum Gasteiger partial charge on any atom is 0.225 e. The monoisotopic (exact) mass is 241 g/mol. The molecule has 2 rings (SSSR count). The summed E-state index contributed by atoms with van der Waals surface area (Å²) in [7, 11) is 0. The van der Waals surface area contributed by atoms with E-state index in [2.05, 4.69) is 0 Å². The summed E-state index contributed by atoms with van der Waals surface area (Å²) in [5.74, 6) is 0.415. The zero-order valence-electron chi connectivity index (χ0n) is 10.7. The number of rotatable bonds is 1. The number of carbonyl (C=O) groups excluding carboxylic acids is 1. The molecule has 1 N–H and O–H groups in total. The highest BCUT2D eigenvalue weighted by Crippen LogP contribution is 2.24. The Morgan fingerprint density at radius 2 is 2.00 bits per heavy atom. The van der Waals surface area contributed by atoms with Crippen LogP contribution in [0.1, 0.15) is 39.0 Å². The van der Waals surface area contributed by atoms with Crippen molar-refractivity contribution in [1.82, 2.24) is 4.90 Å². The van der Waals surface area contributed by atoms with Crippen LogP contribution in [0.15, 0.2) is 0 Å². The predicted octanol–water partition coefficient (Wildman–Crippen LogP) is 1.18. The van der Waals surface area contributed by atoms with Gasteiger partial charge in [0.25, 0.3) is 0 Å². The molecule has 0 aliphatic carbocycles. The fraction of sp³-hybridized carbons (Fsp3) is 0.923. The summed E-state index contributed by atoms with van der Waals surface area (Å²) in [6.45, 7) is 4.79. The summed E-state index contributed by atoms with van der Waals surface area (Å²) in [4.78, 5) is 14.2. The Balaban J connectivity index is 1.90. The van der Waals surface area contributed by atoms with Crippen LogP contribution in [0, 0.1) is 5.92 Å². The quantitative estimate of drug-likeness (QED) is 0.750. The van der Waals surface area contributed by atoms with Crippen LogP contribution in [0.2, 0.25) is 0 Å². The molecule has 2 aliphatic heterocycles. The van der Waals surface area contributed by atoms with Crippen LogP contribution in [-0.4, -0.2) is 47.8 Å². The minimum atomic E-state index is -0.593. The van der Waals surface area contributed by atoms with Gasteiger partial charge in [-0.25, -0.2) is 0 Å². The maximum absolute atomic E-state index is 12.3. The van der Waals surface area contributed by atoms with E-state index in [9.17, 15) is 9.90 Å². The molecule has 4 nitrogen and oxygen atoms in total. The van der Waals surface area contributed by atoms with Crippen LogP contribution in [-0.2, 0) is 9.53 Å². The van der Waals surface area contributed by atoms with Crippen molar-refractivity contribution in [3.63, 3.8) is 0 Å². The van der Waals surface area contributed by atoms with Crippen LogP contribution >= 0.6 is 0 Å². The molecule has 0 saturated carbocycles. The van der Waals surface area contributed by atoms with Crippen LogP contribution in [0.4, 0.5) is 0 Å². The van der Waals surface area contributed by atoms with E-state index >= 15 is 0 Å². The maximum atomic E-state index is 12.3. The third-order valence-electron chi connectivity index (χ3n) is 3.95. The van der Waals surface area contributed by atoms with Gasteiger partial charge in [-0.05, 0) is 39.0 Å². The molecular formula is C13H23NO3. The van der Waals surface area contributed by atoms with Gasteiger partial charge in [-0.1, -0.05) is 0 Å². The second-order valence-corrected chi connectivity index (χ2v) is 5.56. The fourth-order valence-electron chi connectivity index (χ4n) is 2.69. The zero-order chi connectivity index (χ0) is 12.3. The van der Waals surface area contributed by atoms with E-state index < -0.39 is 5.60 Å². The Kier molecular flexibility index (Phi) is 4.05. The molecule has 98 valence electrons. The molecule has 2 fully saturated rings. The first-order chi connectivity index (χ1) is 8.08. The van der Waals surface area contributed by atoms with Crippen molar-refractivity contribution in [2.24, 2.45) is 5.92 Å². The van der Waals surface area contributed by atoms with Crippen molar-refractivity contribution < 1.29 is 14.6 Å². The van der Waals surface area contributed by atoms with Gasteiger partial charge in [0.1, 0.15) is 0 Å². The SMILES string of the molecule is CC1(O)CCCN(C(=O)C2CCOCC2)CC1. The number of hydrogen-bond donors (Lipinski definition) is 1. The highest BCUT2D eigenvalue weighted by molar-refractivity contribution is 5.79. The van der Waals surface area contributed by atoms with E-state index in [1.54, 1.807) is 0 Å². The Morgan fingerprint density at radius 3 is 2.71 bits per heavy atom. The molecule has 0 aromatic carbocycles. The van der Waals surface area contributed by atoms with E-state index in [1.165, 1.54) is 0 Å². The number of ether oxygens (including phenoxy) is 1. The molecule has 1 amide bonds. The minimum absolute atomic E-state index is 0.145. The highest BCUT2D eigenvalue weighted by Gasteiger charge is 2.30. The lowest BCUT2D eigenvalue weighted by atomic mass is 9.97. The third kappa shape index (κ3) is 3.42. The first-order valence-corrected chi connectivity index (χ1v) is 6.67. The number of hydrogen-bond acceptors (Lipinski definition) is 3. The third-order valence-corrected chi connectivity index (χ3v) is 3.95. The van der Waals surface area contributed by atoms with Gasteiger partial charge in [0.15, 0.2) is 0 Å². The van der Waals surface area contributed by atoms with Crippen molar-refractivity contribution in [3.05, 3.63) is 0 Å². The largest absolute Gasteiger partial charge is 0.390 e. The van der Waals surface area contributed by atoms with Gasteiger partial charge in [0.05, 0.1) is 5.60 Å². The Hall–Kier alpha value is -0.610. The number of carbonyl (C=O) groups is 1. The van der Waals surface area contributed by atoms with Crippen LogP contribution in [0.3, 0.4) is 0 Å². The first kappa shape index (κ1) is 12.8. The summed E-state index contributed by atoms with van der Waals surface area (Å²) < 4.78 is 5.28. The molecule has 0 spiro atoms. The van der Waals surface area contributed by atoms with E-state index in [0.29, 0.717) is 26.2 Å². The molecule has 17 heavy (non-hydrogen) atoms. The van der Waals surface area contributed by atoms with E-state index in [1.807, 2.05) is 11.8 Å². The molecule has 0 bridgehead atoms. The molecule has 1 atom stereocenters. The van der Waals surface area contributed by atoms with Crippen molar-refractivity contribution >= 4 is 5.91 Å². The van der Waals surface area contributed by atoms with Crippen molar-refractivity contribution in [2.75, 3.05) is 26.3 Å². The van der Waals surface area contributed by atoms with Crippen molar-refractivity contribution in [1.29, 1.82) is 0 Å². The molecule has 2 saturated heterocycles. The smallest absolute Gasteiger partial charge is 0.225 e. The zero-order valence-corrected chi connectivity index (χ0v) is 10.7. The van der Waals surface area contributed by atoms with Gasteiger partial charge in [0, 0.05) is 32.2 Å². The average molecular weight is 241 g/mol. The van der Waals surface area contributed by atoms with Gasteiger partial charge < -0.3 is 14.7 Å². The van der Waals surface area contributed by atoms with Crippen molar-refractivity contribution in [3.8, 4) is 0 Å². The standard InChI is InChI=1S/C13H23NO3/c1-13(16)5-2-7-14(8-6-13)12(15)11-3-9-17-10-4-11/h11,16H,2-10H2,1H3. The first-order valence-electron chi connectivity index (χ1n) is 6.67. The van der Waals surface area contributed by atoms with Gasteiger partial charge >= 0.3 is 0 Å². The van der Waals surface area contributed by atoms with Gasteiger partial charge in [-0.2, -0.15) is 0 Å². The van der Waals surface area contributed by atoms with E-state index in [4.69, 9.17) is 4.74 Å². The molecule has 2 heterocycles. The normalized spacial score (nSPS) is 32.2.